The molecule has 0 radical (unpaired) electrons. The molecule has 1 aromatic carbocycles. The zero-order valence-electron chi connectivity index (χ0n) is 18.0. The molecule has 1 saturated heterocycles. The Kier molecular flexibility index (Phi) is 9.03. The Hall–Kier alpha value is -3.11. The number of amides is 1. The third-order valence-electron chi connectivity index (χ3n) is 5.05. The standard InChI is InChI=1S/C20H21F2N3O4.C2H6O/c1-24-6-2-3-14(9-24)25-10-15(18(27)19(28)17(25)11-26)20(29)23-8-12-4-5-13(21)7-16(12)22;1-2-3/h4-5,7,10-11,14,28H,2-3,6,8-9H2,1H3,(H,23,29);3H,2H2,1H3. The Morgan fingerprint density at radius 3 is 2.62 bits per heavy atom. The molecule has 0 bridgehead atoms. The Labute approximate surface area is 184 Å². The number of likely N-dealkylation sites (tertiary alicyclic amines) is 1. The highest BCUT2D eigenvalue weighted by Gasteiger charge is 2.25. The van der Waals surface area contributed by atoms with E-state index < -0.39 is 28.7 Å². The number of piperidine rings is 1. The van der Waals surface area contributed by atoms with E-state index in [2.05, 4.69) is 10.2 Å². The summed E-state index contributed by atoms with van der Waals surface area (Å²) >= 11 is 0. The maximum absolute atomic E-state index is 13.7. The first-order chi connectivity index (χ1) is 15.2. The van der Waals surface area contributed by atoms with Crippen LogP contribution in [-0.2, 0) is 6.54 Å². The molecule has 1 amide bonds. The molecule has 1 aliphatic heterocycles. The molecule has 0 saturated carbocycles. The number of benzene rings is 1. The van der Waals surface area contributed by atoms with Crippen molar-refractivity contribution in [3.8, 4) is 5.75 Å². The van der Waals surface area contributed by atoms with Gasteiger partial charge in [0, 0.05) is 43.6 Å². The van der Waals surface area contributed by atoms with Crippen LogP contribution in [0.3, 0.4) is 0 Å². The van der Waals surface area contributed by atoms with Gasteiger partial charge in [-0.1, -0.05) is 6.07 Å². The SMILES string of the molecule is CCO.CN1CCCC(n2cc(C(=O)NCc3ccc(F)cc3F)c(=O)c(O)c2C=O)C1. The molecule has 32 heavy (non-hydrogen) atoms. The van der Waals surface area contributed by atoms with Gasteiger partial charge in [-0.2, -0.15) is 0 Å². The summed E-state index contributed by atoms with van der Waals surface area (Å²) < 4.78 is 28.2. The van der Waals surface area contributed by atoms with Gasteiger partial charge in [-0.05, 0) is 39.4 Å². The minimum atomic E-state index is -0.982. The number of likely N-dealkylation sites (N-methyl/N-ethyl adjacent to an activating group) is 1. The summed E-state index contributed by atoms with van der Waals surface area (Å²) in [6.07, 6.45) is 3.22. The van der Waals surface area contributed by atoms with Gasteiger partial charge in [-0.25, -0.2) is 8.78 Å². The van der Waals surface area contributed by atoms with E-state index >= 15 is 0 Å². The maximum atomic E-state index is 13.7. The molecule has 10 heteroatoms. The van der Waals surface area contributed by atoms with Gasteiger partial charge in [0.15, 0.2) is 12.0 Å². The Bertz CT molecular complexity index is 1030. The van der Waals surface area contributed by atoms with E-state index in [-0.39, 0.29) is 36.0 Å². The average molecular weight is 451 g/mol. The summed E-state index contributed by atoms with van der Waals surface area (Å²) in [5, 5.41) is 20.2. The fraction of sp³-hybridized carbons (Fsp3) is 0.409. The van der Waals surface area contributed by atoms with Gasteiger partial charge < -0.3 is 25.0 Å². The molecule has 1 aromatic heterocycles. The third kappa shape index (κ3) is 5.98. The summed E-state index contributed by atoms with van der Waals surface area (Å²) in [5.74, 6) is -3.20. The highest BCUT2D eigenvalue weighted by atomic mass is 19.1. The van der Waals surface area contributed by atoms with E-state index in [4.69, 9.17) is 5.11 Å². The molecule has 2 aromatic rings. The van der Waals surface area contributed by atoms with Crippen LogP contribution < -0.4 is 10.7 Å². The number of aliphatic hydroxyl groups excluding tert-OH is 1. The number of carbonyl (C=O) groups excluding carboxylic acids is 2. The van der Waals surface area contributed by atoms with Crippen LogP contribution >= 0.6 is 0 Å². The second-order valence-corrected chi connectivity index (χ2v) is 7.42. The molecule has 3 rings (SSSR count). The fourth-order valence-electron chi connectivity index (χ4n) is 3.52. The number of aldehydes is 1. The smallest absolute Gasteiger partial charge is 0.257 e. The van der Waals surface area contributed by atoms with Crippen LogP contribution in [0, 0.1) is 11.6 Å². The van der Waals surface area contributed by atoms with Gasteiger partial charge in [0.2, 0.25) is 5.43 Å². The predicted octanol–water partition coefficient (Wildman–Crippen LogP) is 1.84. The third-order valence-corrected chi connectivity index (χ3v) is 5.05. The molecular formula is C22H27F2N3O5. The van der Waals surface area contributed by atoms with Crippen LogP contribution in [0.15, 0.2) is 29.2 Å². The number of nitrogens with zero attached hydrogens (tertiary/aromatic N) is 2. The first-order valence-corrected chi connectivity index (χ1v) is 10.2. The molecule has 2 heterocycles. The largest absolute Gasteiger partial charge is 0.503 e. The molecule has 1 atom stereocenters. The Balaban J connectivity index is 0.00000114. The van der Waals surface area contributed by atoms with Crippen molar-refractivity contribution in [3.63, 3.8) is 0 Å². The van der Waals surface area contributed by atoms with Crippen LogP contribution in [0.1, 0.15) is 52.2 Å². The van der Waals surface area contributed by atoms with Crippen molar-refractivity contribution in [2.24, 2.45) is 0 Å². The zero-order chi connectivity index (χ0) is 23.8. The minimum absolute atomic E-state index is 0.0442. The topological polar surface area (TPSA) is 112 Å². The van der Waals surface area contributed by atoms with E-state index in [1.54, 1.807) is 6.92 Å². The number of aliphatic hydroxyl groups is 1. The first kappa shape index (κ1) is 25.2. The summed E-state index contributed by atoms with van der Waals surface area (Å²) in [7, 11) is 1.92. The van der Waals surface area contributed by atoms with Crippen molar-refractivity contribution < 1.29 is 28.6 Å². The Morgan fingerprint density at radius 1 is 1.34 bits per heavy atom. The van der Waals surface area contributed by atoms with Crippen LogP contribution in [0.5, 0.6) is 5.75 Å². The van der Waals surface area contributed by atoms with Crippen molar-refractivity contribution in [3.05, 3.63) is 63.1 Å². The van der Waals surface area contributed by atoms with Crippen molar-refractivity contribution in [1.82, 2.24) is 14.8 Å². The van der Waals surface area contributed by atoms with E-state index in [0.717, 1.165) is 25.5 Å². The molecule has 3 N–H and O–H groups in total. The van der Waals surface area contributed by atoms with E-state index in [1.165, 1.54) is 16.8 Å². The van der Waals surface area contributed by atoms with Crippen molar-refractivity contribution >= 4 is 12.2 Å². The van der Waals surface area contributed by atoms with Crippen molar-refractivity contribution in [2.45, 2.75) is 32.4 Å². The lowest BCUT2D eigenvalue weighted by Gasteiger charge is -2.32. The molecule has 1 fully saturated rings. The molecule has 8 nitrogen and oxygen atoms in total. The van der Waals surface area contributed by atoms with E-state index in [1.807, 2.05) is 7.05 Å². The molecule has 174 valence electrons. The number of halogens is 2. The molecular weight excluding hydrogens is 424 g/mol. The zero-order valence-corrected chi connectivity index (χ0v) is 18.0. The minimum Gasteiger partial charge on any atom is -0.503 e. The highest BCUT2D eigenvalue weighted by molar-refractivity contribution is 5.95. The number of hydrogen-bond donors (Lipinski definition) is 3. The van der Waals surface area contributed by atoms with E-state index in [9.17, 15) is 28.3 Å². The molecule has 1 aliphatic rings. The number of aromatic hydroxyl groups is 1. The van der Waals surface area contributed by atoms with Gasteiger partial charge >= 0.3 is 0 Å². The molecule has 1 unspecified atom stereocenters. The second kappa shape index (κ2) is 11.5. The number of rotatable bonds is 5. The van der Waals surface area contributed by atoms with Gasteiger partial charge in [-0.3, -0.25) is 14.4 Å². The van der Waals surface area contributed by atoms with Crippen LogP contribution in [0.2, 0.25) is 0 Å². The highest BCUT2D eigenvalue weighted by Crippen LogP contribution is 2.24. The van der Waals surface area contributed by atoms with Crippen molar-refractivity contribution in [1.29, 1.82) is 0 Å². The summed E-state index contributed by atoms with van der Waals surface area (Å²) in [6, 6.07) is 2.75. The number of carbonyl (C=O) groups is 2. The lowest BCUT2D eigenvalue weighted by molar-refractivity contribution is 0.0945. The van der Waals surface area contributed by atoms with Crippen molar-refractivity contribution in [2.75, 3.05) is 26.7 Å². The van der Waals surface area contributed by atoms with Crippen LogP contribution in [0.4, 0.5) is 8.78 Å². The Morgan fingerprint density at radius 2 is 2.03 bits per heavy atom. The van der Waals surface area contributed by atoms with Gasteiger partial charge in [0.05, 0.1) is 0 Å². The van der Waals surface area contributed by atoms with Gasteiger partial charge in [0.25, 0.3) is 5.91 Å². The summed E-state index contributed by atoms with van der Waals surface area (Å²) in [6.45, 7) is 3.13. The lowest BCUT2D eigenvalue weighted by atomic mass is 10.0. The quantitative estimate of drug-likeness (QED) is 0.598. The maximum Gasteiger partial charge on any atom is 0.257 e. The van der Waals surface area contributed by atoms with Gasteiger partial charge in [0.1, 0.15) is 22.9 Å². The molecule has 0 aliphatic carbocycles. The number of pyridine rings is 1. The predicted molar refractivity (Wildman–Crippen MR) is 114 cm³/mol. The normalized spacial score (nSPS) is 16.1. The summed E-state index contributed by atoms with van der Waals surface area (Å²) in [5.41, 5.74) is -1.48. The van der Waals surface area contributed by atoms with Crippen LogP contribution in [-0.4, -0.2) is 58.6 Å². The summed E-state index contributed by atoms with van der Waals surface area (Å²) in [4.78, 5) is 38.5. The monoisotopic (exact) mass is 451 g/mol. The van der Waals surface area contributed by atoms with Crippen LogP contribution in [0.25, 0.3) is 0 Å². The first-order valence-electron chi connectivity index (χ1n) is 10.2. The second-order valence-electron chi connectivity index (χ2n) is 7.42. The average Bonchev–Trinajstić information content (AvgIpc) is 2.75. The van der Waals surface area contributed by atoms with Gasteiger partial charge in [-0.15, -0.1) is 0 Å². The number of nitrogens with one attached hydrogen (secondary N) is 1. The van der Waals surface area contributed by atoms with E-state index in [0.29, 0.717) is 18.9 Å². The fourth-order valence-corrected chi connectivity index (χ4v) is 3.52. The number of hydrogen-bond acceptors (Lipinski definition) is 6. The lowest BCUT2D eigenvalue weighted by Crippen LogP contribution is -2.36. The number of aromatic nitrogens is 1. The molecule has 0 spiro atoms.